The number of hydrogen-bond donors (Lipinski definition) is 1. The summed E-state index contributed by atoms with van der Waals surface area (Å²) in [6.45, 7) is 7.14. The largest absolute Gasteiger partial charge is 0.380 e. The lowest BCUT2D eigenvalue weighted by Gasteiger charge is -2.13. The average molecular weight is 231 g/mol. The van der Waals surface area contributed by atoms with Crippen LogP contribution in [0.15, 0.2) is 0 Å². The molecule has 0 aromatic heterocycles. The normalized spacial score (nSPS) is 26.4. The molecule has 0 aliphatic heterocycles. The van der Waals surface area contributed by atoms with Crippen LogP contribution in [0.1, 0.15) is 33.1 Å². The summed E-state index contributed by atoms with van der Waals surface area (Å²) in [7, 11) is 0. The van der Waals surface area contributed by atoms with Crippen LogP contribution in [-0.4, -0.2) is 37.3 Å². The van der Waals surface area contributed by atoms with Gasteiger partial charge in [0.15, 0.2) is 0 Å². The second-order valence-corrected chi connectivity index (χ2v) is 5.93. The number of hydrogen-bond acceptors (Lipinski definition) is 3. The van der Waals surface area contributed by atoms with E-state index in [4.69, 9.17) is 4.74 Å². The van der Waals surface area contributed by atoms with Crippen LogP contribution in [0, 0.1) is 5.92 Å². The molecule has 0 amide bonds. The van der Waals surface area contributed by atoms with Gasteiger partial charge in [0.2, 0.25) is 0 Å². The number of rotatable bonds is 7. The fourth-order valence-corrected chi connectivity index (χ4v) is 2.79. The summed E-state index contributed by atoms with van der Waals surface area (Å²) in [6, 6.07) is 0.741. The molecule has 1 N–H and O–H groups in total. The van der Waals surface area contributed by atoms with Crippen LogP contribution >= 0.6 is 11.8 Å². The maximum Gasteiger partial charge on any atom is 0.0591 e. The van der Waals surface area contributed by atoms with Gasteiger partial charge < -0.3 is 10.1 Å². The minimum atomic E-state index is 0.650. The highest BCUT2D eigenvalue weighted by Gasteiger charge is 2.22. The fraction of sp³-hybridized carbons (Fsp3) is 1.00. The van der Waals surface area contributed by atoms with Crippen LogP contribution in [0.4, 0.5) is 0 Å². The molecule has 2 unspecified atom stereocenters. The van der Waals surface area contributed by atoms with Crippen molar-refractivity contribution in [2.45, 2.75) is 44.4 Å². The summed E-state index contributed by atoms with van der Waals surface area (Å²) in [5.41, 5.74) is 0. The summed E-state index contributed by atoms with van der Waals surface area (Å²) in [6.07, 6.45) is 6.28. The van der Waals surface area contributed by atoms with E-state index in [0.29, 0.717) is 5.92 Å². The highest BCUT2D eigenvalue weighted by Crippen LogP contribution is 2.27. The fourth-order valence-electron chi connectivity index (χ4n) is 1.99. The van der Waals surface area contributed by atoms with Crippen LogP contribution in [-0.2, 0) is 4.74 Å². The second-order valence-electron chi connectivity index (χ2n) is 4.79. The van der Waals surface area contributed by atoms with Crippen molar-refractivity contribution in [3.63, 3.8) is 0 Å². The van der Waals surface area contributed by atoms with E-state index in [1.54, 1.807) is 0 Å². The summed E-state index contributed by atoms with van der Waals surface area (Å²) in [5, 5.41) is 4.47. The van der Waals surface area contributed by atoms with Gasteiger partial charge in [0, 0.05) is 24.4 Å². The Balaban J connectivity index is 1.92. The van der Waals surface area contributed by atoms with Gasteiger partial charge in [-0.25, -0.2) is 0 Å². The Kier molecular flexibility index (Phi) is 6.69. The zero-order chi connectivity index (χ0) is 11.1. The first kappa shape index (κ1) is 13.3. The zero-order valence-corrected chi connectivity index (χ0v) is 11.1. The lowest BCUT2D eigenvalue weighted by Crippen LogP contribution is -2.30. The highest BCUT2D eigenvalue weighted by molar-refractivity contribution is 7.99. The van der Waals surface area contributed by atoms with Crippen molar-refractivity contribution < 1.29 is 4.74 Å². The first-order valence-electron chi connectivity index (χ1n) is 6.06. The van der Waals surface area contributed by atoms with E-state index in [0.717, 1.165) is 31.1 Å². The molecule has 1 aliphatic carbocycles. The Labute approximate surface area is 98.5 Å². The summed E-state index contributed by atoms with van der Waals surface area (Å²) >= 11 is 2.01. The molecule has 1 aliphatic rings. The van der Waals surface area contributed by atoms with Crippen molar-refractivity contribution in [1.29, 1.82) is 0 Å². The van der Waals surface area contributed by atoms with Gasteiger partial charge in [-0.3, -0.25) is 0 Å². The molecule has 0 aromatic rings. The van der Waals surface area contributed by atoms with Crippen molar-refractivity contribution in [2.75, 3.05) is 26.0 Å². The molecule has 2 atom stereocenters. The van der Waals surface area contributed by atoms with Gasteiger partial charge in [-0.1, -0.05) is 13.8 Å². The van der Waals surface area contributed by atoms with E-state index in [1.807, 2.05) is 11.8 Å². The quantitative estimate of drug-likeness (QED) is 0.680. The van der Waals surface area contributed by atoms with Gasteiger partial charge in [-0.15, -0.1) is 0 Å². The van der Waals surface area contributed by atoms with E-state index in [1.165, 1.54) is 19.3 Å². The molecule has 3 heteroatoms. The summed E-state index contributed by atoms with van der Waals surface area (Å²) in [4.78, 5) is 0. The van der Waals surface area contributed by atoms with Gasteiger partial charge in [0.25, 0.3) is 0 Å². The number of nitrogens with one attached hydrogen (secondary N) is 1. The van der Waals surface area contributed by atoms with Crippen LogP contribution < -0.4 is 5.32 Å². The van der Waals surface area contributed by atoms with Gasteiger partial charge in [-0.2, -0.15) is 11.8 Å². The monoisotopic (exact) mass is 231 g/mol. The molecule has 90 valence electrons. The van der Waals surface area contributed by atoms with Crippen molar-refractivity contribution in [3.8, 4) is 0 Å². The number of thioether (sulfide) groups is 1. The van der Waals surface area contributed by atoms with E-state index in [2.05, 4.69) is 25.4 Å². The van der Waals surface area contributed by atoms with Crippen molar-refractivity contribution in [2.24, 2.45) is 5.92 Å². The lowest BCUT2D eigenvalue weighted by atomic mass is 10.2. The minimum Gasteiger partial charge on any atom is -0.380 e. The van der Waals surface area contributed by atoms with Gasteiger partial charge in [0.1, 0.15) is 0 Å². The molecule has 0 heterocycles. The molecule has 0 aromatic carbocycles. The first-order valence-corrected chi connectivity index (χ1v) is 7.35. The van der Waals surface area contributed by atoms with Crippen LogP contribution in [0.25, 0.3) is 0 Å². The molecule has 1 fully saturated rings. The van der Waals surface area contributed by atoms with Crippen molar-refractivity contribution >= 4 is 11.8 Å². The predicted molar refractivity (Wildman–Crippen MR) is 68.6 cm³/mol. The minimum absolute atomic E-state index is 0.650. The van der Waals surface area contributed by atoms with Gasteiger partial charge in [0.05, 0.1) is 6.61 Å². The standard InChI is InChI=1S/C12H25NOS/c1-10(2)9-14-7-6-13-11-4-5-12(8-11)15-3/h10-13H,4-9H2,1-3H3. The third-order valence-electron chi connectivity index (χ3n) is 2.85. The predicted octanol–water partition coefficient (Wildman–Crippen LogP) is 2.53. The maximum atomic E-state index is 5.54. The van der Waals surface area contributed by atoms with Crippen LogP contribution in [0.3, 0.4) is 0 Å². The topological polar surface area (TPSA) is 21.3 Å². The lowest BCUT2D eigenvalue weighted by molar-refractivity contribution is 0.110. The smallest absolute Gasteiger partial charge is 0.0591 e. The third kappa shape index (κ3) is 5.79. The van der Waals surface area contributed by atoms with E-state index < -0.39 is 0 Å². The molecule has 0 saturated heterocycles. The highest BCUT2D eigenvalue weighted by atomic mass is 32.2. The zero-order valence-electron chi connectivity index (χ0n) is 10.3. The Morgan fingerprint density at radius 1 is 1.40 bits per heavy atom. The molecular weight excluding hydrogens is 206 g/mol. The Bertz CT molecular complexity index is 164. The van der Waals surface area contributed by atoms with Gasteiger partial charge >= 0.3 is 0 Å². The average Bonchev–Trinajstić information content (AvgIpc) is 2.65. The maximum absolute atomic E-state index is 5.54. The molecule has 1 rings (SSSR count). The molecule has 0 bridgehead atoms. The van der Waals surface area contributed by atoms with Crippen molar-refractivity contribution in [3.05, 3.63) is 0 Å². The van der Waals surface area contributed by atoms with E-state index in [9.17, 15) is 0 Å². The van der Waals surface area contributed by atoms with Gasteiger partial charge in [-0.05, 0) is 31.4 Å². The second kappa shape index (κ2) is 7.53. The van der Waals surface area contributed by atoms with Crippen LogP contribution in [0.5, 0.6) is 0 Å². The molecule has 0 spiro atoms. The molecule has 15 heavy (non-hydrogen) atoms. The molecule has 1 saturated carbocycles. The Morgan fingerprint density at radius 3 is 2.80 bits per heavy atom. The van der Waals surface area contributed by atoms with Crippen molar-refractivity contribution in [1.82, 2.24) is 5.32 Å². The Hall–Kier alpha value is 0.270. The summed E-state index contributed by atoms with van der Waals surface area (Å²) < 4.78 is 5.54. The Morgan fingerprint density at radius 2 is 2.20 bits per heavy atom. The molecule has 2 nitrogen and oxygen atoms in total. The summed E-state index contributed by atoms with van der Waals surface area (Å²) in [5.74, 6) is 0.650. The molecule has 0 radical (unpaired) electrons. The SMILES string of the molecule is CSC1CCC(NCCOCC(C)C)C1. The molecular formula is C12H25NOS. The third-order valence-corrected chi connectivity index (χ3v) is 3.94. The first-order chi connectivity index (χ1) is 7.22. The van der Waals surface area contributed by atoms with E-state index in [-0.39, 0.29) is 0 Å². The van der Waals surface area contributed by atoms with E-state index >= 15 is 0 Å². The number of ether oxygens (including phenoxy) is 1. The van der Waals surface area contributed by atoms with Crippen LogP contribution in [0.2, 0.25) is 0 Å².